The molecular formula is C15H13F3N2O2. The van der Waals surface area contributed by atoms with E-state index in [0.29, 0.717) is 12.1 Å². The molecule has 0 spiro atoms. The maximum Gasteiger partial charge on any atom is 0.573 e. The second-order valence-corrected chi connectivity index (χ2v) is 4.50. The first-order chi connectivity index (χ1) is 10.4. The molecule has 1 amide bonds. The number of carbonyl (C=O) groups is 1. The number of rotatable bonds is 5. The molecule has 116 valence electrons. The number of amides is 1. The van der Waals surface area contributed by atoms with Crippen molar-refractivity contribution in [1.82, 2.24) is 10.3 Å². The summed E-state index contributed by atoms with van der Waals surface area (Å²) in [5.41, 5.74) is 1.51. The van der Waals surface area contributed by atoms with Crippen LogP contribution >= 0.6 is 0 Å². The molecule has 1 aromatic carbocycles. The van der Waals surface area contributed by atoms with E-state index < -0.39 is 6.36 Å². The fourth-order valence-corrected chi connectivity index (χ4v) is 1.76. The van der Waals surface area contributed by atoms with E-state index in [9.17, 15) is 18.0 Å². The fourth-order valence-electron chi connectivity index (χ4n) is 1.76. The van der Waals surface area contributed by atoms with Gasteiger partial charge in [0.1, 0.15) is 5.75 Å². The highest BCUT2D eigenvalue weighted by atomic mass is 19.4. The molecule has 22 heavy (non-hydrogen) atoms. The zero-order valence-electron chi connectivity index (χ0n) is 11.4. The lowest BCUT2D eigenvalue weighted by molar-refractivity contribution is -0.274. The standard InChI is InChI=1S/C15H13F3N2O2/c16-15(17,18)22-13-3-1-11(2-4-13)9-14(21)20-10-12-5-7-19-8-6-12/h1-8H,9-10H2,(H,20,21). The van der Waals surface area contributed by atoms with Gasteiger partial charge < -0.3 is 10.1 Å². The number of hydrogen-bond donors (Lipinski definition) is 1. The van der Waals surface area contributed by atoms with Crippen molar-refractivity contribution in [3.8, 4) is 5.75 Å². The van der Waals surface area contributed by atoms with E-state index >= 15 is 0 Å². The maximum atomic E-state index is 12.0. The summed E-state index contributed by atoms with van der Waals surface area (Å²) >= 11 is 0. The van der Waals surface area contributed by atoms with Crippen LogP contribution in [0, 0.1) is 0 Å². The molecule has 7 heteroatoms. The first-order valence-electron chi connectivity index (χ1n) is 6.43. The van der Waals surface area contributed by atoms with Gasteiger partial charge in [-0.3, -0.25) is 9.78 Å². The molecule has 0 bridgehead atoms. The van der Waals surface area contributed by atoms with Crippen molar-refractivity contribution >= 4 is 5.91 Å². The molecular weight excluding hydrogens is 297 g/mol. The number of pyridine rings is 1. The highest BCUT2D eigenvalue weighted by Crippen LogP contribution is 2.22. The van der Waals surface area contributed by atoms with Crippen molar-refractivity contribution in [2.24, 2.45) is 0 Å². The fraction of sp³-hybridized carbons (Fsp3) is 0.200. The summed E-state index contributed by atoms with van der Waals surface area (Å²) < 4.78 is 39.8. The summed E-state index contributed by atoms with van der Waals surface area (Å²) in [6, 6.07) is 8.77. The minimum atomic E-state index is -4.72. The summed E-state index contributed by atoms with van der Waals surface area (Å²) in [6.45, 7) is 0.372. The summed E-state index contributed by atoms with van der Waals surface area (Å²) in [7, 11) is 0. The van der Waals surface area contributed by atoms with Crippen LogP contribution in [0.5, 0.6) is 5.75 Å². The van der Waals surface area contributed by atoms with Gasteiger partial charge in [-0.15, -0.1) is 13.2 Å². The molecule has 0 atom stereocenters. The van der Waals surface area contributed by atoms with Gasteiger partial charge in [0.05, 0.1) is 6.42 Å². The van der Waals surface area contributed by atoms with Crippen molar-refractivity contribution in [1.29, 1.82) is 0 Å². The molecule has 0 aliphatic carbocycles. The van der Waals surface area contributed by atoms with Crippen molar-refractivity contribution in [3.63, 3.8) is 0 Å². The van der Waals surface area contributed by atoms with Gasteiger partial charge in [-0.2, -0.15) is 0 Å². The van der Waals surface area contributed by atoms with E-state index in [-0.39, 0.29) is 18.1 Å². The average molecular weight is 310 g/mol. The van der Waals surface area contributed by atoms with Gasteiger partial charge in [0.15, 0.2) is 0 Å². The largest absolute Gasteiger partial charge is 0.573 e. The Balaban J connectivity index is 1.84. The first kappa shape index (κ1) is 15.8. The lowest BCUT2D eigenvalue weighted by atomic mass is 10.1. The molecule has 0 unspecified atom stereocenters. The highest BCUT2D eigenvalue weighted by molar-refractivity contribution is 5.78. The number of carbonyl (C=O) groups excluding carboxylic acids is 1. The molecule has 0 saturated heterocycles. The van der Waals surface area contributed by atoms with Crippen LogP contribution in [0.15, 0.2) is 48.8 Å². The minimum Gasteiger partial charge on any atom is -0.406 e. The van der Waals surface area contributed by atoms with E-state index in [4.69, 9.17) is 0 Å². The Bertz CT molecular complexity index is 613. The number of benzene rings is 1. The summed E-state index contributed by atoms with van der Waals surface area (Å²) in [5, 5.41) is 2.72. The van der Waals surface area contributed by atoms with Crippen molar-refractivity contribution in [2.45, 2.75) is 19.3 Å². The molecule has 0 radical (unpaired) electrons. The Labute approximate surface area is 124 Å². The van der Waals surface area contributed by atoms with Crippen LogP contribution in [0.3, 0.4) is 0 Å². The Morgan fingerprint density at radius 1 is 1.05 bits per heavy atom. The number of alkyl halides is 3. The third-order valence-electron chi connectivity index (χ3n) is 2.76. The third kappa shape index (κ3) is 5.43. The Morgan fingerprint density at radius 3 is 2.27 bits per heavy atom. The zero-order chi connectivity index (χ0) is 16.0. The molecule has 0 saturated carbocycles. The Hall–Kier alpha value is -2.57. The van der Waals surface area contributed by atoms with Crippen LogP contribution in [-0.4, -0.2) is 17.3 Å². The van der Waals surface area contributed by atoms with Crippen LogP contribution < -0.4 is 10.1 Å². The molecule has 0 aliphatic rings. The lowest BCUT2D eigenvalue weighted by Gasteiger charge is -2.09. The van der Waals surface area contributed by atoms with Gasteiger partial charge in [0.25, 0.3) is 0 Å². The van der Waals surface area contributed by atoms with Gasteiger partial charge in [0, 0.05) is 18.9 Å². The molecule has 4 nitrogen and oxygen atoms in total. The molecule has 1 aromatic heterocycles. The van der Waals surface area contributed by atoms with E-state index in [1.54, 1.807) is 24.5 Å². The number of halogens is 3. The van der Waals surface area contributed by atoms with Crippen LogP contribution in [0.4, 0.5) is 13.2 Å². The number of hydrogen-bond acceptors (Lipinski definition) is 3. The summed E-state index contributed by atoms with van der Waals surface area (Å²) in [4.78, 5) is 15.6. The predicted octanol–water partition coefficient (Wildman–Crippen LogP) is 2.84. The Morgan fingerprint density at radius 2 is 1.68 bits per heavy atom. The molecule has 1 N–H and O–H groups in total. The number of aromatic nitrogens is 1. The van der Waals surface area contributed by atoms with E-state index in [2.05, 4.69) is 15.0 Å². The molecule has 2 rings (SSSR count). The predicted molar refractivity (Wildman–Crippen MR) is 72.9 cm³/mol. The van der Waals surface area contributed by atoms with Gasteiger partial charge in [-0.25, -0.2) is 0 Å². The normalized spacial score (nSPS) is 11.0. The van der Waals surface area contributed by atoms with Gasteiger partial charge in [0.2, 0.25) is 5.91 Å². The van der Waals surface area contributed by atoms with Crippen molar-refractivity contribution in [2.75, 3.05) is 0 Å². The molecule has 2 aromatic rings. The number of ether oxygens (including phenoxy) is 1. The third-order valence-corrected chi connectivity index (χ3v) is 2.76. The van der Waals surface area contributed by atoms with E-state index in [0.717, 1.165) is 5.56 Å². The Kier molecular flexibility index (Phi) is 4.98. The minimum absolute atomic E-state index is 0.0807. The monoisotopic (exact) mass is 310 g/mol. The first-order valence-corrected chi connectivity index (χ1v) is 6.43. The van der Waals surface area contributed by atoms with Crippen LogP contribution in [-0.2, 0) is 17.8 Å². The topological polar surface area (TPSA) is 51.2 Å². The second-order valence-electron chi connectivity index (χ2n) is 4.50. The van der Waals surface area contributed by atoms with Crippen molar-refractivity contribution in [3.05, 3.63) is 59.9 Å². The lowest BCUT2D eigenvalue weighted by Crippen LogP contribution is -2.24. The summed E-state index contributed by atoms with van der Waals surface area (Å²) in [5.74, 6) is -0.533. The molecule has 1 heterocycles. The smallest absolute Gasteiger partial charge is 0.406 e. The van der Waals surface area contributed by atoms with Gasteiger partial charge in [-0.05, 0) is 35.4 Å². The van der Waals surface area contributed by atoms with E-state index in [1.807, 2.05) is 0 Å². The SMILES string of the molecule is O=C(Cc1ccc(OC(F)(F)F)cc1)NCc1ccncc1. The zero-order valence-corrected chi connectivity index (χ0v) is 11.4. The van der Waals surface area contributed by atoms with Gasteiger partial charge >= 0.3 is 6.36 Å². The number of nitrogens with zero attached hydrogens (tertiary/aromatic N) is 1. The van der Waals surface area contributed by atoms with Crippen LogP contribution in [0.25, 0.3) is 0 Å². The second kappa shape index (κ2) is 6.93. The molecule has 0 fully saturated rings. The van der Waals surface area contributed by atoms with Crippen LogP contribution in [0.1, 0.15) is 11.1 Å². The van der Waals surface area contributed by atoms with Gasteiger partial charge in [-0.1, -0.05) is 12.1 Å². The quantitative estimate of drug-likeness (QED) is 0.924. The van der Waals surface area contributed by atoms with E-state index in [1.165, 1.54) is 24.3 Å². The van der Waals surface area contributed by atoms with Crippen molar-refractivity contribution < 1.29 is 22.7 Å². The summed E-state index contributed by atoms with van der Waals surface area (Å²) in [6.07, 6.45) is -1.39. The maximum absolute atomic E-state index is 12.0. The average Bonchev–Trinajstić information content (AvgIpc) is 2.47. The highest BCUT2D eigenvalue weighted by Gasteiger charge is 2.30. The van der Waals surface area contributed by atoms with Crippen LogP contribution in [0.2, 0.25) is 0 Å². The number of nitrogens with one attached hydrogen (secondary N) is 1. The molecule has 0 aliphatic heterocycles.